The SMILES string of the molecule is COc1cccc(N2CC(C(=O)N(C)CC(=O)Nc3c(C)cc(C)cc3C)CC2=O)c1. The van der Waals surface area contributed by atoms with Crippen LogP contribution >= 0.6 is 0 Å². The molecule has 2 aromatic carbocycles. The molecule has 1 heterocycles. The van der Waals surface area contributed by atoms with Gasteiger partial charge in [0.2, 0.25) is 17.7 Å². The molecule has 0 radical (unpaired) electrons. The minimum atomic E-state index is -0.487. The Morgan fingerprint density at radius 3 is 2.48 bits per heavy atom. The molecular formula is C24H29N3O4. The van der Waals surface area contributed by atoms with Crippen LogP contribution in [0.4, 0.5) is 11.4 Å². The van der Waals surface area contributed by atoms with Crippen LogP contribution in [0, 0.1) is 26.7 Å². The molecule has 0 spiro atoms. The first-order valence-corrected chi connectivity index (χ1v) is 10.3. The monoisotopic (exact) mass is 423 g/mol. The summed E-state index contributed by atoms with van der Waals surface area (Å²) in [6, 6.07) is 11.2. The van der Waals surface area contributed by atoms with Crippen molar-refractivity contribution in [3.05, 3.63) is 53.1 Å². The fraction of sp³-hybridized carbons (Fsp3) is 0.375. The number of hydrogen-bond acceptors (Lipinski definition) is 4. The maximum atomic E-state index is 12.9. The van der Waals surface area contributed by atoms with Crippen LogP contribution in [0.2, 0.25) is 0 Å². The summed E-state index contributed by atoms with van der Waals surface area (Å²) in [6.07, 6.45) is 0.123. The molecule has 0 aliphatic carbocycles. The first kappa shape index (κ1) is 22.3. The normalized spacial score (nSPS) is 15.7. The predicted octanol–water partition coefficient (Wildman–Crippen LogP) is 3.07. The lowest BCUT2D eigenvalue weighted by Gasteiger charge is -2.22. The average molecular weight is 424 g/mol. The number of hydrogen-bond donors (Lipinski definition) is 1. The minimum Gasteiger partial charge on any atom is -0.497 e. The van der Waals surface area contributed by atoms with E-state index in [0.29, 0.717) is 11.4 Å². The number of methoxy groups -OCH3 is 1. The van der Waals surface area contributed by atoms with Gasteiger partial charge in [0.15, 0.2) is 0 Å². The summed E-state index contributed by atoms with van der Waals surface area (Å²) in [5, 5.41) is 2.91. The van der Waals surface area contributed by atoms with Gasteiger partial charge in [0.1, 0.15) is 5.75 Å². The van der Waals surface area contributed by atoms with Crippen molar-refractivity contribution in [1.29, 1.82) is 0 Å². The van der Waals surface area contributed by atoms with Crippen molar-refractivity contribution in [3.63, 3.8) is 0 Å². The van der Waals surface area contributed by atoms with Crippen LogP contribution < -0.4 is 15.0 Å². The summed E-state index contributed by atoms with van der Waals surface area (Å²) >= 11 is 0. The third-order valence-electron chi connectivity index (χ3n) is 5.54. The number of anilines is 2. The number of aryl methyl sites for hydroxylation is 3. The van der Waals surface area contributed by atoms with Crippen molar-refractivity contribution in [2.75, 3.05) is 37.5 Å². The topological polar surface area (TPSA) is 79.0 Å². The molecule has 2 aromatic rings. The first-order valence-electron chi connectivity index (χ1n) is 10.3. The number of nitrogens with zero attached hydrogens (tertiary/aromatic N) is 2. The third kappa shape index (κ3) is 5.05. The Hall–Kier alpha value is -3.35. The number of rotatable bonds is 6. The van der Waals surface area contributed by atoms with Crippen molar-refractivity contribution >= 4 is 29.1 Å². The Morgan fingerprint density at radius 1 is 1.16 bits per heavy atom. The molecule has 164 valence electrons. The van der Waals surface area contributed by atoms with Gasteiger partial charge in [-0.25, -0.2) is 0 Å². The largest absolute Gasteiger partial charge is 0.497 e. The number of carbonyl (C=O) groups is 3. The second kappa shape index (κ2) is 9.20. The molecule has 7 nitrogen and oxygen atoms in total. The number of ether oxygens (including phenoxy) is 1. The van der Waals surface area contributed by atoms with Crippen LogP contribution in [-0.4, -0.2) is 49.9 Å². The van der Waals surface area contributed by atoms with E-state index >= 15 is 0 Å². The quantitative estimate of drug-likeness (QED) is 0.775. The molecule has 3 amide bonds. The van der Waals surface area contributed by atoms with Crippen LogP contribution in [0.5, 0.6) is 5.75 Å². The van der Waals surface area contributed by atoms with Gasteiger partial charge in [0.05, 0.1) is 19.6 Å². The molecule has 0 saturated carbocycles. The Morgan fingerprint density at radius 2 is 1.84 bits per heavy atom. The Balaban J connectivity index is 1.62. The van der Waals surface area contributed by atoms with Crippen LogP contribution in [-0.2, 0) is 14.4 Å². The van der Waals surface area contributed by atoms with Gasteiger partial charge < -0.3 is 19.9 Å². The summed E-state index contributed by atoms with van der Waals surface area (Å²) in [5.41, 5.74) is 4.57. The maximum Gasteiger partial charge on any atom is 0.243 e. The van der Waals surface area contributed by atoms with Crippen molar-refractivity contribution in [1.82, 2.24) is 4.90 Å². The van der Waals surface area contributed by atoms with E-state index in [2.05, 4.69) is 5.32 Å². The zero-order valence-corrected chi connectivity index (χ0v) is 18.7. The molecule has 1 atom stereocenters. The zero-order chi connectivity index (χ0) is 22.7. The van der Waals surface area contributed by atoms with E-state index in [1.54, 1.807) is 31.2 Å². The number of benzene rings is 2. The van der Waals surface area contributed by atoms with Gasteiger partial charge >= 0.3 is 0 Å². The van der Waals surface area contributed by atoms with Gasteiger partial charge in [-0.15, -0.1) is 0 Å². The van der Waals surface area contributed by atoms with E-state index < -0.39 is 5.92 Å². The second-order valence-corrected chi connectivity index (χ2v) is 8.12. The molecule has 1 aliphatic rings. The Labute approximate surface area is 183 Å². The molecule has 1 fully saturated rings. The standard InChI is InChI=1S/C24H29N3O4/c1-15-9-16(2)23(17(3)10-15)25-21(28)14-26(4)24(30)18-11-22(29)27(13-18)19-7-6-8-20(12-19)31-5/h6-10,12,18H,11,13-14H2,1-5H3,(H,25,28). The van der Waals surface area contributed by atoms with Gasteiger partial charge in [0, 0.05) is 37.5 Å². The van der Waals surface area contributed by atoms with E-state index in [1.165, 1.54) is 4.90 Å². The fourth-order valence-electron chi connectivity index (χ4n) is 4.06. The molecular weight excluding hydrogens is 394 g/mol. The van der Waals surface area contributed by atoms with Gasteiger partial charge in [-0.2, -0.15) is 0 Å². The van der Waals surface area contributed by atoms with Crippen LogP contribution in [0.3, 0.4) is 0 Å². The summed E-state index contributed by atoms with van der Waals surface area (Å²) in [5.74, 6) is -0.434. The van der Waals surface area contributed by atoms with E-state index in [9.17, 15) is 14.4 Å². The highest BCUT2D eigenvalue weighted by atomic mass is 16.5. The first-order chi connectivity index (χ1) is 14.7. The molecule has 1 N–H and O–H groups in total. The van der Waals surface area contributed by atoms with Crippen LogP contribution in [0.1, 0.15) is 23.1 Å². The molecule has 31 heavy (non-hydrogen) atoms. The van der Waals surface area contributed by atoms with E-state index in [1.807, 2.05) is 45.0 Å². The molecule has 7 heteroatoms. The number of carbonyl (C=O) groups excluding carboxylic acids is 3. The average Bonchev–Trinajstić information content (AvgIpc) is 3.11. The number of amides is 3. The predicted molar refractivity (Wildman–Crippen MR) is 120 cm³/mol. The van der Waals surface area contributed by atoms with E-state index in [4.69, 9.17) is 4.74 Å². The highest BCUT2D eigenvalue weighted by Gasteiger charge is 2.37. The minimum absolute atomic E-state index is 0.0740. The lowest BCUT2D eigenvalue weighted by atomic mass is 10.0. The summed E-state index contributed by atoms with van der Waals surface area (Å²) in [7, 11) is 3.16. The second-order valence-electron chi connectivity index (χ2n) is 8.12. The highest BCUT2D eigenvalue weighted by molar-refractivity contribution is 6.01. The van der Waals surface area contributed by atoms with E-state index in [0.717, 1.165) is 22.4 Å². The van der Waals surface area contributed by atoms with Crippen LogP contribution in [0.25, 0.3) is 0 Å². The molecule has 1 unspecified atom stereocenters. The van der Waals surface area contributed by atoms with Crippen molar-refractivity contribution < 1.29 is 19.1 Å². The highest BCUT2D eigenvalue weighted by Crippen LogP contribution is 2.28. The Bertz CT molecular complexity index is 995. The van der Waals surface area contributed by atoms with Gasteiger partial charge in [-0.1, -0.05) is 23.8 Å². The van der Waals surface area contributed by atoms with Gasteiger partial charge in [-0.05, 0) is 44.0 Å². The lowest BCUT2D eigenvalue weighted by molar-refractivity contribution is -0.137. The molecule has 1 aliphatic heterocycles. The number of likely N-dealkylation sites (N-methyl/N-ethyl adjacent to an activating group) is 1. The van der Waals surface area contributed by atoms with Crippen molar-refractivity contribution in [2.24, 2.45) is 5.92 Å². The molecule has 3 rings (SSSR count). The third-order valence-corrected chi connectivity index (χ3v) is 5.54. The number of nitrogens with one attached hydrogen (secondary N) is 1. The molecule has 0 bridgehead atoms. The summed E-state index contributed by atoms with van der Waals surface area (Å²) in [4.78, 5) is 41.0. The summed E-state index contributed by atoms with van der Waals surface area (Å²) in [6.45, 7) is 6.11. The van der Waals surface area contributed by atoms with Crippen molar-refractivity contribution in [2.45, 2.75) is 27.2 Å². The van der Waals surface area contributed by atoms with Crippen molar-refractivity contribution in [3.8, 4) is 5.75 Å². The fourth-order valence-corrected chi connectivity index (χ4v) is 4.06. The Kier molecular flexibility index (Phi) is 6.63. The van der Waals surface area contributed by atoms with Gasteiger partial charge in [-0.3, -0.25) is 14.4 Å². The van der Waals surface area contributed by atoms with E-state index in [-0.39, 0.29) is 37.2 Å². The van der Waals surface area contributed by atoms with Gasteiger partial charge in [0.25, 0.3) is 0 Å². The summed E-state index contributed by atoms with van der Waals surface area (Å²) < 4.78 is 5.22. The molecule has 0 aromatic heterocycles. The van der Waals surface area contributed by atoms with Crippen LogP contribution in [0.15, 0.2) is 36.4 Å². The maximum absolute atomic E-state index is 12.9. The zero-order valence-electron chi connectivity index (χ0n) is 18.7. The lowest BCUT2D eigenvalue weighted by Crippen LogP contribution is -2.39. The smallest absolute Gasteiger partial charge is 0.243 e. The molecule has 1 saturated heterocycles.